The minimum absolute atomic E-state index is 0.159. The summed E-state index contributed by atoms with van der Waals surface area (Å²) in [7, 11) is 1.97. The van der Waals surface area contributed by atoms with E-state index in [4.69, 9.17) is 0 Å². The van der Waals surface area contributed by atoms with Crippen molar-refractivity contribution in [2.75, 3.05) is 6.54 Å². The molecule has 1 unspecified atom stereocenters. The average molecular weight is 420 g/mol. The molecule has 0 aliphatic rings. The maximum absolute atomic E-state index is 4.30. The predicted molar refractivity (Wildman–Crippen MR) is 85.6 cm³/mol. The Bertz CT molecular complexity index is 519. The molecule has 3 nitrogen and oxygen atoms in total. The quantitative estimate of drug-likeness (QED) is 0.768. The van der Waals surface area contributed by atoms with Crippen molar-refractivity contribution < 1.29 is 0 Å². The minimum Gasteiger partial charge on any atom is -0.305 e. The molecule has 0 spiro atoms. The van der Waals surface area contributed by atoms with Crippen molar-refractivity contribution in [1.29, 1.82) is 0 Å². The van der Waals surface area contributed by atoms with Gasteiger partial charge in [-0.2, -0.15) is 5.10 Å². The van der Waals surface area contributed by atoms with Gasteiger partial charge in [0.25, 0.3) is 0 Å². The van der Waals surface area contributed by atoms with Gasteiger partial charge in [-0.1, -0.05) is 19.1 Å². The highest BCUT2D eigenvalue weighted by Gasteiger charge is 2.19. The van der Waals surface area contributed by atoms with E-state index in [1.165, 1.54) is 9.13 Å². The minimum atomic E-state index is 0.159. The fourth-order valence-corrected chi connectivity index (χ4v) is 3.15. The second-order valence-electron chi connectivity index (χ2n) is 4.05. The third-order valence-corrected chi connectivity index (χ3v) is 4.08. The molecule has 2 rings (SSSR count). The Morgan fingerprint density at radius 3 is 2.83 bits per heavy atom. The summed E-state index contributed by atoms with van der Waals surface area (Å²) in [6.07, 6.45) is 1.84. The van der Waals surface area contributed by atoms with Crippen molar-refractivity contribution in [1.82, 2.24) is 15.1 Å². The molecule has 1 aromatic carbocycles. The highest BCUT2D eigenvalue weighted by Crippen LogP contribution is 2.28. The molecule has 0 aliphatic heterocycles. The molecule has 0 saturated heterocycles. The molecular formula is C13H15BrIN3. The number of aromatic nitrogens is 2. The molecule has 0 amide bonds. The molecule has 0 radical (unpaired) electrons. The molecule has 0 saturated carbocycles. The van der Waals surface area contributed by atoms with E-state index >= 15 is 0 Å². The van der Waals surface area contributed by atoms with Crippen LogP contribution in [0.1, 0.15) is 24.2 Å². The van der Waals surface area contributed by atoms with Crippen LogP contribution in [0.5, 0.6) is 0 Å². The first-order valence-corrected chi connectivity index (χ1v) is 7.67. The first-order chi connectivity index (χ1) is 8.63. The van der Waals surface area contributed by atoms with Crippen molar-refractivity contribution in [2.24, 2.45) is 7.05 Å². The van der Waals surface area contributed by atoms with Crippen LogP contribution in [-0.4, -0.2) is 16.3 Å². The third-order valence-electron chi connectivity index (χ3n) is 2.80. The highest BCUT2D eigenvalue weighted by molar-refractivity contribution is 14.1. The molecule has 1 atom stereocenters. The number of benzene rings is 1. The Balaban J connectivity index is 2.46. The van der Waals surface area contributed by atoms with Crippen LogP contribution in [-0.2, 0) is 7.05 Å². The zero-order valence-electron chi connectivity index (χ0n) is 10.3. The topological polar surface area (TPSA) is 29.9 Å². The molecule has 1 aromatic heterocycles. The van der Waals surface area contributed by atoms with Crippen LogP contribution in [0.15, 0.2) is 34.9 Å². The second kappa shape index (κ2) is 6.16. The van der Waals surface area contributed by atoms with Gasteiger partial charge in [-0.05, 0) is 62.8 Å². The van der Waals surface area contributed by atoms with E-state index in [-0.39, 0.29) is 6.04 Å². The Morgan fingerprint density at radius 2 is 2.28 bits per heavy atom. The molecule has 0 bridgehead atoms. The summed E-state index contributed by atoms with van der Waals surface area (Å²) in [6, 6.07) is 8.70. The van der Waals surface area contributed by atoms with Crippen LogP contribution in [0.25, 0.3) is 0 Å². The number of halogens is 2. The average Bonchev–Trinajstić information content (AvgIpc) is 2.67. The number of hydrogen-bond donors (Lipinski definition) is 1. The highest BCUT2D eigenvalue weighted by atomic mass is 127. The second-order valence-corrected chi connectivity index (χ2v) is 6.15. The largest absolute Gasteiger partial charge is 0.305 e. The monoisotopic (exact) mass is 419 g/mol. The van der Waals surface area contributed by atoms with Crippen LogP contribution < -0.4 is 5.32 Å². The summed E-state index contributed by atoms with van der Waals surface area (Å²) < 4.78 is 4.19. The van der Waals surface area contributed by atoms with Gasteiger partial charge in [0.2, 0.25) is 0 Å². The molecule has 1 heterocycles. The number of hydrogen-bond acceptors (Lipinski definition) is 2. The van der Waals surface area contributed by atoms with Gasteiger partial charge in [-0.25, -0.2) is 0 Å². The Hall–Kier alpha value is -0.400. The van der Waals surface area contributed by atoms with Gasteiger partial charge >= 0.3 is 0 Å². The van der Waals surface area contributed by atoms with Crippen molar-refractivity contribution in [3.05, 3.63) is 49.8 Å². The first-order valence-electron chi connectivity index (χ1n) is 5.79. The molecule has 1 N–H and O–H groups in total. The molecule has 5 heteroatoms. The number of rotatable bonds is 4. The molecule has 0 aliphatic carbocycles. The lowest BCUT2D eigenvalue weighted by Crippen LogP contribution is -2.24. The Labute approximate surface area is 129 Å². The molecule has 18 heavy (non-hydrogen) atoms. The lowest BCUT2D eigenvalue weighted by atomic mass is 10.0. The zero-order valence-corrected chi connectivity index (χ0v) is 14.1. The number of aryl methyl sites for hydroxylation is 1. The fraction of sp³-hybridized carbons (Fsp3) is 0.308. The van der Waals surface area contributed by atoms with E-state index in [2.05, 4.69) is 80.1 Å². The van der Waals surface area contributed by atoms with Gasteiger partial charge in [0.15, 0.2) is 0 Å². The molecule has 0 fully saturated rings. The summed E-state index contributed by atoms with van der Waals surface area (Å²) >= 11 is 5.92. The van der Waals surface area contributed by atoms with Gasteiger partial charge in [0.1, 0.15) is 0 Å². The van der Waals surface area contributed by atoms with Gasteiger partial charge < -0.3 is 5.32 Å². The van der Waals surface area contributed by atoms with Crippen LogP contribution in [0, 0.1) is 3.57 Å². The summed E-state index contributed by atoms with van der Waals surface area (Å²) in [5.41, 5.74) is 2.41. The van der Waals surface area contributed by atoms with E-state index in [1.54, 1.807) is 0 Å². The predicted octanol–water partition coefficient (Wildman–Crippen LogP) is 3.49. The van der Waals surface area contributed by atoms with Gasteiger partial charge in [-0.15, -0.1) is 0 Å². The zero-order chi connectivity index (χ0) is 13.1. The van der Waals surface area contributed by atoms with Crippen molar-refractivity contribution >= 4 is 38.5 Å². The van der Waals surface area contributed by atoms with Gasteiger partial charge in [-0.3, -0.25) is 4.68 Å². The number of nitrogens with zero attached hydrogens (tertiary/aromatic N) is 2. The summed E-state index contributed by atoms with van der Waals surface area (Å²) in [6.45, 7) is 3.03. The van der Waals surface area contributed by atoms with Gasteiger partial charge in [0.05, 0.1) is 22.4 Å². The van der Waals surface area contributed by atoms with E-state index < -0.39 is 0 Å². The van der Waals surface area contributed by atoms with Gasteiger partial charge in [0, 0.05) is 10.6 Å². The fourth-order valence-electron chi connectivity index (χ4n) is 2.01. The molecule has 2 aromatic rings. The molecule has 96 valence electrons. The first kappa shape index (κ1) is 14.0. The number of nitrogens with one attached hydrogen (secondary N) is 1. The smallest absolute Gasteiger partial charge is 0.0760 e. The SMILES string of the molecule is CCNC(c1cccc(I)c1)c1c(Br)cnn1C. The van der Waals surface area contributed by atoms with Crippen LogP contribution in [0.3, 0.4) is 0 Å². The maximum Gasteiger partial charge on any atom is 0.0760 e. The lowest BCUT2D eigenvalue weighted by Gasteiger charge is -2.19. The maximum atomic E-state index is 4.30. The van der Waals surface area contributed by atoms with E-state index in [0.29, 0.717) is 0 Å². The van der Waals surface area contributed by atoms with E-state index in [1.807, 2.05) is 17.9 Å². The van der Waals surface area contributed by atoms with Crippen molar-refractivity contribution in [2.45, 2.75) is 13.0 Å². The summed E-state index contributed by atoms with van der Waals surface area (Å²) in [4.78, 5) is 0. The standard InChI is InChI=1S/C13H15BrIN3/c1-3-16-12(9-5-4-6-10(15)7-9)13-11(14)8-17-18(13)2/h4-8,12,16H,3H2,1-2H3. The summed E-state index contributed by atoms with van der Waals surface area (Å²) in [5.74, 6) is 0. The van der Waals surface area contributed by atoms with Crippen LogP contribution in [0.4, 0.5) is 0 Å². The summed E-state index contributed by atoms with van der Waals surface area (Å²) in [5, 5.41) is 7.81. The Morgan fingerprint density at radius 1 is 1.50 bits per heavy atom. The lowest BCUT2D eigenvalue weighted by molar-refractivity contribution is 0.570. The van der Waals surface area contributed by atoms with Crippen LogP contribution in [0.2, 0.25) is 0 Å². The van der Waals surface area contributed by atoms with E-state index in [0.717, 1.165) is 16.7 Å². The van der Waals surface area contributed by atoms with E-state index in [9.17, 15) is 0 Å². The van der Waals surface area contributed by atoms with Crippen molar-refractivity contribution in [3.8, 4) is 0 Å². The Kier molecular flexibility index (Phi) is 4.80. The van der Waals surface area contributed by atoms with Crippen molar-refractivity contribution in [3.63, 3.8) is 0 Å². The van der Waals surface area contributed by atoms with Crippen LogP contribution >= 0.6 is 38.5 Å². The molecular weight excluding hydrogens is 405 g/mol. The normalized spacial score (nSPS) is 12.7. The third kappa shape index (κ3) is 2.95.